The molecule has 2 aromatic rings. The van der Waals surface area contributed by atoms with E-state index in [1.807, 2.05) is 6.07 Å². The van der Waals surface area contributed by atoms with Gasteiger partial charge in [0.25, 0.3) is 0 Å². The fourth-order valence-corrected chi connectivity index (χ4v) is 2.43. The van der Waals surface area contributed by atoms with Crippen molar-refractivity contribution in [2.45, 2.75) is 12.3 Å². The molecule has 2 heterocycles. The van der Waals surface area contributed by atoms with Gasteiger partial charge < -0.3 is 10.3 Å². The number of aromatic amines is 1. The van der Waals surface area contributed by atoms with Crippen molar-refractivity contribution in [2.24, 2.45) is 7.05 Å². The normalized spacial score (nSPS) is 20.7. The van der Waals surface area contributed by atoms with Crippen molar-refractivity contribution in [3.05, 3.63) is 34.2 Å². The third-order valence-electron chi connectivity index (χ3n) is 3.46. The summed E-state index contributed by atoms with van der Waals surface area (Å²) in [6.45, 7) is 2.14. The molecule has 84 valence electrons. The zero-order valence-electron chi connectivity index (χ0n) is 9.29. The Morgan fingerprint density at radius 2 is 2.31 bits per heavy atom. The maximum atomic E-state index is 11.5. The van der Waals surface area contributed by atoms with Crippen LogP contribution in [-0.2, 0) is 7.05 Å². The lowest BCUT2D eigenvalue weighted by Crippen LogP contribution is -2.12. The highest BCUT2D eigenvalue weighted by Crippen LogP contribution is 2.24. The summed E-state index contributed by atoms with van der Waals surface area (Å²) >= 11 is 0. The monoisotopic (exact) mass is 217 g/mol. The molecule has 3 rings (SSSR count). The topological polar surface area (TPSA) is 49.8 Å². The Kier molecular flexibility index (Phi) is 2.11. The largest absolute Gasteiger partial charge is 0.326 e. The second kappa shape index (κ2) is 3.49. The summed E-state index contributed by atoms with van der Waals surface area (Å²) in [6, 6.07) is 6.26. The first-order valence-electron chi connectivity index (χ1n) is 5.65. The molecule has 4 heteroatoms. The number of aromatic nitrogens is 2. The summed E-state index contributed by atoms with van der Waals surface area (Å²) in [4.78, 5) is 14.3. The van der Waals surface area contributed by atoms with Crippen molar-refractivity contribution in [1.29, 1.82) is 0 Å². The van der Waals surface area contributed by atoms with Crippen LogP contribution >= 0.6 is 0 Å². The Bertz CT molecular complexity index is 575. The smallest absolute Gasteiger partial charge is 0.316 e. The van der Waals surface area contributed by atoms with Gasteiger partial charge in [0, 0.05) is 13.6 Å². The van der Waals surface area contributed by atoms with Gasteiger partial charge in [-0.2, -0.15) is 0 Å². The van der Waals surface area contributed by atoms with Crippen LogP contribution in [0, 0.1) is 0 Å². The van der Waals surface area contributed by atoms with Crippen molar-refractivity contribution >= 4 is 11.0 Å². The molecule has 0 spiro atoms. The van der Waals surface area contributed by atoms with Crippen LogP contribution in [0.4, 0.5) is 0 Å². The Morgan fingerprint density at radius 3 is 3.06 bits per heavy atom. The van der Waals surface area contributed by atoms with Crippen molar-refractivity contribution in [3.63, 3.8) is 0 Å². The number of nitrogens with one attached hydrogen (secondary N) is 2. The predicted molar refractivity (Wildman–Crippen MR) is 63.8 cm³/mol. The van der Waals surface area contributed by atoms with Crippen LogP contribution in [0.3, 0.4) is 0 Å². The van der Waals surface area contributed by atoms with Crippen LogP contribution in [0.25, 0.3) is 11.0 Å². The van der Waals surface area contributed by atoms with E-state index in [-0.39, 0.29) is 5.69 Å². The highest BCUT2D eigenvalue weighted by atomic mass is 16.1. The van der Waals surface area contributed by atoms with E-state index in [1.165, 1.54) is 12.0 Å². The number of fused-ring (bicyclic) bond motifs is 1. The van der Waals surface area contributed by atoms with E-state index in [4.69, 9.17) is 0 Å². The molecule has 1 atom stereocenters. The molecule has 1 aromatic heterocycles. The highest BCUT2D eigenvalue weighted by molar-refractivity contribution is 5.76. The SMILES string of the molecule is Cn1c(=O)[nH]c2ccc(C3CCNC3)cc21. The zero-order chi connectivity index (χ0) is 11.1. The summed E-state index contributed by atoms with van der Waals surface area (Å²) in [6.07, 6.45) is 1.18. The molecule has 0 bridgehead atoms. The Balaban J connectivity index is 2.14. The van der Waals surface area contributed by atoms with E-state index in [9.17, 15) is 4.79 Å². The Hall–Kier alpha value is -1.55. The van der Waals surface area contributed by atoms with Crippen molar-refractivity contribution in [1.82, 2.24) is 14.9 Å². The summed E-state index contributed by atoms with van der Waals surface area (Å²) in [5.74, 6) is 0.592. The van der Waals surface area contributed by atoms with E-state index >= 15 is 0 Å². The number of H-pyrrole nitrogens is 1. The number of benzene rings is 1. The molecule has 1 aliphatic rings. The molecule has 1 aromatic carbocycles. The van der Waals surface area contributed by atoms with E-state index in [0.29, 0.717) is 5.92 Å². The van der Waals surface area contributed by atoms with Gasteiger partial charge in [-0.05, 0) is 36.6 Å². The third-order valence-corrected chi connectivity index (χ3v) is 3.46. The quantitative estimate of drug-likeness (QED) is 0.747. The van der Waals surface area contributed by atoms with E-state index in [0.717, 1.165) is 24.1 Å². The predicted octanol–water partition coefficient (Wildman–Crippen LogP) is 0.943. The van der Waals surface area contributed by atoms with Crippen LogP contribution in [0.15, 0.2) is 23.0 Å². The number of hydrogen-bond acceptors (Lipinski definition) is 2. The number of rotatable bonds is 1. The first-order chi connectivity index (χ1) is 7.75. The fraction of sp³-hybridized carbons (Fsp3) is 0.417. The van der Waals surface area contributed by atoms with Crippen LogP contribution in [0.2, 0.25) is 0 Å². The number of imidazole rings is 1. The zero-order valence-corrected chi connectivity index (χ0v) is 9.29. The van der Waals surface area contributed by atoms with Gasteiger partial charge in [-0.3, -0.25) is 4.57 Å². The number of hydrogen-bond donors (Lipinski definition) is 2. The molecule has 0 radical (unpaired) electrons. The minimum atomic E-state index is -0.0447. The van der Waals surface area contributed by atoms with Crippen LogP contribution < -0.4 is 11.0 Å². The molecule has 0 saturated carbocycles. The highest BCUT2D eigenvalue weighted by Gasteiger charge is 2.17. The van der Waals surface area contributed by atoms with Crippen molar-refractivity contribution < 1.29 is 0 Å². The lowest BCUT2D eigenvalue weighted by atomic mass is 9.98. The Morgan fingerprint density at radius 1 is 1.44 bits per heavy atom. The van der Waals surface area contributed by atoms with Gasteiger partial charge in [0.1, 0.15) is 0 Å². The summed E-state index contributed by atoms with van der Waals surface area (Å²) < 4.78 is 1.67. The van der Waals surface area contributed by atoms with Gasteiger partial charge in [0.15, 0.2) is 0 Å². The maximum absolute atomic E-state index is 11.5. The van der Waals surface area contributed by atoms with Crippen molar-refractivity contribution in [3.8, 4) is 0 Å². The average Bonchev–Trinajstić information content (AvgIpc) is 2.89. The molecule has 0 amide bonds. The molecule has 2 N–H and O–H groups in total. The first-order valence-corrected chi connectivity index (χ1v) is 5.65. The molecule has 16 heavy (non-hydrogen) atoms. The molecule has 1 unspecified atom stereocenters. The van der Waals surface area contributed by atoms with Gasteiger partial charge >= 0.3 is 5.69 Å². The lowest BCUT2D eigenvalue weighted by Gasteiger charge is -2.08. The standard InChI is InChI=1S/C12H15N3O/c1-15-11-6-8(9-4-5-13-7-9)2-3-10(11)14-12(15)16/h2-3,6,9,13H,4-5,7H2,1H3,(H,14,16). The van der Waals surface area contributed by atoms with E-state index in [1.54, 1.807) is 11.6 Å². The van der Waals surface area contributed by atoms with Crippen LogP contribution in [0.1, 0.15) is 17.9 Å². The molecular formula is C12H15N3O. The second-order valence-electron chi connectivity index (χ2n) is 4.46. The molecular weight excluding hydrogens is 202 g/mol. The van der Waals surface area contributed by atoms with E-state index < -0.39 is 0 Å². The number of nitrogens with zero attached hydrogens (tertiary/aromatic N) is 1. The van der Waals surface area contributed by atoms with Crippen LogP contribution in [0.5, 0.6) is 0 Å². The second-order valence-corrected chi connectivity index (χ2v) is 4.46. The van der Waals surface area contributed by atoms with Gasteiger partial charge in [-0.15, -0.1) is 0 Å². The lowest BCUT2D eigenvalue weighted by molar-refractivity contribution is 0.763. The van der Waals surface area contributed by atoms with Crippen LogP contribution in [-0.4, -0.2) is 22.6 Å². The van der Waals surface area contributed by atoms with Gasteiger partial charge in [-0.25, -0.2) is 4.79 Å². The molecule has 1 aliphatic heterocycles. The third kappa shape index (κ3) is 1.38. The summed E-state index contributed by atoms with van der Waals surface area (Å²) in [5, 5.41) is 3.36. The number of aryl methyl sites for hydroxylation is 1. The average molecular weight is 217 g/mol. The minimum absolute atomic E-state index is 0.0447. The maximum Gasteiger partial charge on any atom is 0.326 e. The summed E-state index contributed by atoms with van der Waals surface area (Å²) in [5.41, 5.74) is 3.19. The van der Waals surface area contributed by atoms with Gasteiger partial charge in [0.05, 0.1) is 11.0 Å². The molecule has 1 saturated heterocycles. The first kappa shape index (κ1) is 9.66. The molecule has 1 fully saturated rings. The Labute approximate surface area is 93.3 Å². The fourth-order valence-electron chi connectivity index (χ4n) is 2.43. The van der Waals surface area contributed by atoms with Gasteiger partial charge in [0.2, 0.25) is 0 Å². The van der Waals surface area contributed by atoms with Gasteiger partial charge in [-0.1, -0.05) is 6.07 Å². The summed E-state index contributed by atoms with van der Waals surface area (Å²) in [7, 11) is 1.80. The minimum Gasteiger partial charge on any atom is -0.316 e. The molecule has 0 aliphatic carbocycles. The van der Waals surface area contributed by atoms with Crippen molar-refractivity contribution in [2.75, 3.05) is 13.1 Å². The molecule has 4 nitrogen and oxygen atoms in total. The van der Waals surface area contributed by atoms with E-state index in [2.05, 4.69) is 22.4 Å².